The van der Waals surface area contributed by atoms with Gasteiger partial charge in [-0.2, -0.15) is 0 Å². The molecule has 1 aromatic rings. The van der Waals surface area contributed by atoms with Crippen molar-refractivity contribution in [3.05, 3.63) is 28.2 Å². The van der Waals surface area contributed by atoms with Crippen LogP contribution >= 0.6 is 23.2 Å². The normalized spacial score (nSPS) is 24.6. The van der Waals surface area contributed by atoms with Gasteiger partial charge >= 0.3 is 0 Å². The molecule has 0 heterocycles. The fourth-order valence-electron chi connectivity index (χ4n) is 2.51. The van der Waals surface area contributed by atoms with Crippen LogP contribution in [0.1, 0.15) is 34.1 Å². The highest BCUT2D eigenvalue weighted by Gasteiger charge is 2.49. The minimum Gasteiger partial charge on any atom is -0.382 e. The van der Waals surface area contributed by atoms with Gasteiger partial charge in [-0.1, -0.05) is 50.9 Å². The van der Waals surface area contributed by atoms with Crippen LogP contribution in [-0.2, 0) is 4.74 Å². The summed E-state index contributed by atoms with van der Waals surface area (Å²) in [4.78, 5) is 0. The van der Waals surface area contributed by atoms with E-state index in [1.807, 2.05) is 18.2 Å². The monoisotopic (exact) mass is 315 g/mol. The molecule has 0 spiro atoms. The van der Waals surface area contributed by atoms with E-state index in [4.69, 9.17) is 27.9 Å². The third-order valence-corrected chi connectivity index (χ3v) is 4.81. The smallest absolute Gasteiger partial charge is 0.0665 e. The van der Waals surface area contributed by atoms with Crippen molar-refractivity contribution in [3.63, 3.8) is 0 Å². The summed E-state index contributed by atoms with van der Waals surface area (Å²) < 4.78 is 5.98. The molecule has 1 aliphatic rings. The highest BCUT2D eigenvalue weighted by Crippen LogP contribution is 2.44. The number of halogens is 2. The quantitative estimate of drug-likeness (QED) is 0.801. The summed E-state index contributed by atoms with van der Waals surface area (Å²) in [5, 5.41) is 4.70. The van der Waals surface area contributed by atoms with Crippen LogP contribution in [0.4, 0.5) is 5.69 Å². The topological polar surface area (TPSA) is 21.3 Å². The lowest BCUT2D eigenvalue weighted by molar-refractivity contribution is -0.108. The Morgan fingerprint density at radius 3 is 2.55 bits per heavy atom. The third kappa shape index (κ3) is 3.41. The molecule has 112 valence electrons. The maximum absolute atomic E-state index is 6.05. The van der Waals surface area contributed by atoms with Crippen LogP contribution in [0.2, 0.25) is 10.0 Å². The Labute approximate surface area is 131 Å². The highest BCUT2D eigenvalue weighted by molar-refractivity contribution is 6.42. The van der Waals surface area contributed by atoms with Gasteiger partial charge in [-0.05, 0) is 30.5 Å². The predicted molar refractivity (Wildman–Crippen MR) is 86.8 cm³/mol. The molecule has 1 aromatic carbocycles. The molecule has 1 N–H and O–H groups in total. The first-order valence-corrected chi connectivity index (χ1v) is 7.89. The van der Waals surface area contributed by atoms with E-state index < -0.39 is 0 Å². The van der Waals surface area contributed by atoms with Crippen LogP contribution in [0.5, 0.6) is 0 Å². The minimum atomic E-state index is 0.126. The van der Waals surface area contributed by atoms with Gasteiger partial charge in [-0.15, -0.1) is 0 Å². The van der Waals surface area contributed by atoms with Gasteiger partial charge in [0.15, 0.2) is 0 Å². The molecule has 0 amide bonds. The molecular formula is C16H23Cl2NO. The molecule has 0 bridgehead atoms. The van der Waals surface area contributed by atoms with Crippen molar-refractivity contribution < 1.29 is 4.74 Å². The van der Waals surface area contributed by atoms with Crippen LogP contribution in [0.3, 0.4) is 0 Å². The maximum Gasteiger partial charge on any atom is 0.0665 e. The Morgan fingerprint density at radius 1 is 1.30 bits per heavy atom. The van der Waals surface area contributed by atoms with Crippen molar-refractivity contribution in [2.75, 3.05) is 11.9 Å². The Bertz CT molecular complexity index is 474. The van der Waals surface area contributed by atoms with Gasteiger partial charge in [0.1, 0.15) is 0 Å². The molecule has 2 rings (SSSR count). The van der Waals surface area contributed by atoms with E-state index in [9.17, 15) is 0 Å². The first kappa shape index (κ1) is 15.9. The zero-order valence-electron chi connectivity index (χ0n) is 12.5. The third-order valence-electron chi connectivity index (χ3n) is 4.07. The van der Waals surface area contributed by atoms with Crippen molar-refractivity contribution in [1.82, 2.24) is 0 Å². The number of rotatable bonds is 5. The fourth-order valence-corrected chi connectivity index (χ4v) is 2.81. The molecule has 2 nitrogen and oxygen atoms in total. The molecule has 2 atom stereocenters. The van der Waals surface area contributed by atoms with Crippen molar-refractivity contribution in [1.29, 1.82) is 0 Å². The van der Waals surface area contributed by atoms with E-state index in [0.29, 0.717) is 28.1 Å². The van der Waals surface area contributed by atoms with Crippen molar-refractivity contribution in [3.8, 4) is 0 Å². The van der Waals surface area contributed by atoms with Gasteiger partial charge < -0.3 is 10.1 Å². The Balaban J connectivity index is 1.93. The molecule has 4 heteroatoms. The molecule has 0 saturated heterocycles. The van der Waals surface area contributed by atoms with Gasteiger partial charge in [0, 0.05) is 23.8 Å². The van der Waals surface area contributed by atoms with Gasteiger partial charge in [-0.3, -0.25) is 0 Å². The summed E-state index contributed by atoms with van der Waals surface area (Å²) >= 11 is 12.0. The van der Waals surface area contributed by atoms with E-state index in [0.717, 1.165) is 18.7 Å². The van der Waals surface area contributed by atoms with Crippen LogP contribution in [-0.4, -0.2) is 18.8 Å². The first-order valence-electron chi connectivity index (χ1n) is 7.14. The van der Waals surface area contributed by atoms with E-state index in [-0.39, 0.29) is 5.41 Å². The van der Waals surface area contributed by atoms with Gasteiger partial charge in [-0.25, -0.2) is 0 Å². The standard InChI is InChI=1S/C16H23Cl2NO/c1-10(2)9-20-15-8-14(16(15,3)4)19-11-5-6-12(17)13(18)7-11/h5-7,10,14-15,19H,8-9H2,1-4H3. The fraction of sp³-hybridized carbons (Fsp3) is 0.625. The van der Waals surface area contributed by atoms with E-state index in [2.05, 4.69) is 33.0 Å². The molecule has 1 saturated carbocycles. The molecule has 0 aliphatic heterocycles. The second-order valence-electron chi connectivity index (χ2n) is 6.60. The van der Waals surface area contributed by atoms with Crippen molar-refractivity contribution >= 4 is 28.9 Å². The van der Waals surface area contributed by atoms with E-state index in [1.165, 1.54) is 0 Å². The number of benzene rings is 1. The predicted octanol–water partition coefficient (Wildman–Crippen LogP) is 5.25. The molecule has 0 aromatic heterocycles. The number of hydrogen-bond acceptors (Lipinski definition) is 2. The lowest BCUT2D eigenvalue weighted by Crippen LogP contribution is -2.58. The number of anilines is 1. The summed E-state index contributed by atoms with van der Waals surface area (Å²) in [7, 11) is 0. The lowest BCUT2D eigenvalue weighted by Gasteiger charge is -2.52. The number of nitrogens with one attached hydrogen (secondary N) is 1. The summed E-state index contributed by atoms with van der Waals surface area (Å²) in [5.41, 5.74) is 1.14. The molecule has 2 unspecified atom stereocenters. The average Bonchev–Trinajstić information content (AvgIpc) is 2.36. The number of ether oxygens (including phenoxy) is 1. The van der Waals surface area contributed by atoms with E-state index >= 15 is 0 Å². The molecule has 1 aliphatic carbocycles. The summed E-state index contributed by atoms with van der Waals surface area (Å²) in [6.45, 7) is 9.68. The maximum atomic E-state index is 6.05. The minimum absolute atomic E-state index is 0.126. The van der Waals surface area contributed by atoms with Gasteiger partial charge in [0.05, 0.1) is 16.1 Å². The van der Waals surface area contributed by atoms with Gasteiger partial charge in [0.2, 0.25) is 0 Å². The molecule has 0 radical (unpaired) electrons. The van der Waals surface area contributed by atoms with Crippen LogP contribution < -0.4 is 5.32 Å². The Morgan fingerprint density at radius 2 is 2.00 bits per heavy atom. The largest absolute Gasteiger partial charge is 0.382 e. The van der Waals surface area contributed by atoms with Gasteiger partial charge in [0.25, 0.3) is 0 Å². The van der Waals surface area contributed by atoms with Crippen LogP contribution in [0.25, 0.3) is 0 Å². The zero-order chi connectivity index (χ0) is 14.9. The second kappa shape index (κ2) is 6.13. The summed E-state index contributed by atoms with van der Waals surface area (Å²) in [6, 6.07) is 6.07. The van der Waals surface area contributed by atoms with Crippen molar-refractivity contribution in [2.24, 2.45) is 11.3 Å². The molecule has 1 fully saturated rings. The van der Waals surface area contributed by atoms with E-state index in [1.54, 1.807) is 0 Å². The lowest BCUT2D eigenvalue weighted by atomic mass is 9.64. The Kier molecular flexibility index (Phi) is 4.88. The second-order valence-corrected chi connectivity index (χ2v) is 7.41. The summed E-state index contributed by atoms with van der Waals surface area (Å²) in [6.07, 6.45) is 1.35. The van der Waals surface area contributed by atoms with Crippen LogP contribution in [0, 0.1) is 11.3 Å². The Hall–Kier alpha value is -0.440. The molecular weight excluding hydrogens is 293 g/mol. The SMILES string of the molecule is CC(C)COC1CC(Nc2ccc(Cl)c(Cl)c2)C1(C)C. The highest BCUT2D eigenvalue weighted by atomic mass is 35.5. The number of hydrogen-bond donors (Lipinski definition) is 1. The summed E-state index contributed by atoms with van der Waals surface area (Å²) in [5.74, 6) is 0.577. The van der Waals surface area contributed by atoms with Crippen molar-refractivity contribution in [2.45, 2.75) is 46.3 Å². The molecule has 20 heavy (non-hydrogen) atoms. The average molecular weight is 316 g/mol. The zero-order valence-corrected chi connectivity index (χ0v) is 14.1. The first-order chi connectivity index (χ1) is 9.30. The van der Waals surface area contributed by atoms with Crippen LogP contribution in [0.15, 0.2) is 18.2 Å².